The maximum atomic E-state index is 12.0. The predicted octanol–water partition coefficient (Wildman–Crippen LogP) is 2.80. The van der Waals surface area contributed by atoms with E-state index in [4.69, 9.17) is 5.73 Å². The van der Waals surface area contributed by atoms with Crippen LogP contribution in [-0.2, 0) is 10.0 Å². The number of anilines is 2. The summed E-state index contributed by atoms with van der Waals surface area (Å²) >= 11 is 0. The van der Waals surface area contributed by atoms with Gasteiger partial charge < -0.3 is 11.1 Å². The number of rotatable bonds is 8. The van der Waals surface area contributed by atoms with Crippen molar-refractivity contribution in [3.63, 3.8) is 0 Å². The van der Waals surface area contributed by atoms with Gasteiger partial charge in [-0.25, -0.2) is 13.1 Å². The highest BCUT2D eigenvalue weighted by molar-refractivity contribution is 7.89. The van der Waals surface area contributed by atoms with Gasteiger partial charge in [-0.3, -0.25) is 0 Å². The minimum absolute atomic E-state index is 0.234. The van der Waals surface area contributed by atoms with E-state index < -0.39 is 10.0 Å². The molecule has 120 valence electrons. The second-order valence-corrected chi connectivity index (χ2v) is 7.03. The average molecular weight is 313 g/mol. The Morgan fingerprint density at radius 3 is 2.33 bits per heavy atom. The zero-order valence-electron chi connectivity index (χ0n) is 13.3. The molecule has 0 spiro atoms. The van der Waals surface area contributed by atoms with Crippen LogP contribution in [0.1, 0.15) is 40.5 Å². The molecule has 0 aliphatic heterocycles. The molecule has 0 radical (unpaired) electrons. The summed E-state index contributed by atoms with van der Waals surface area (Å²) in [7, 11) is -3.46. The van der Waals surface area contributed by atoms with E-state index in [1.54, 1.807) is 19.1 Å². The molecule has 0 amide bonds. The highest BCUT2D eigenvalue weighted by atomic mass is 32.2. The van der Waals surface area contributed by atoms with Gasteiger partial charge in [-0.2, -0.15) is 0 Å². The van der Waals surface area contributed by atoms with E-state index >= 15 is 0 Å². The number of benzene rings is 1. The molecule has 5 nitrogen and oxygen atoms in total. The van der Waals surface area contributed by atoms with Crippen molar-refractivity contribution >= 4 is 21.4 Å². The Morgan fingerprint density at radius 2 is 1.81 bits per heavy atom. The van der Waals surface area contributed by atoms with E-state index in [9.17, 15) is 8.42 Å². The number of nitrogen functional groups attached to an aromatic ring is 1. The molecule has 4 N–H and O–H groups in total. The summed E-state index contributed by atoms with van der Waals surface area (Å²) in [5, 5.41) is 3.35. The van der Waals surface area contributed by atoms with E-state index in [1.165, 1.54) is 6.07 Å². The zero-order chi connectivity index (χ0) is 16.0. The van der Waals surface area contributed by atoms with E-state index in [-0.39, 0.29) is 10.9 Å². The molecule has 0 aliphatic carbocycles. The van der Waals surface area contributed by atoms with Crippen molar-refractivity contribution in [3.05, 3.63) is 18.2 Å². The van der Waals surface area contributed by atoms with Crippen LogP contribution in [0.5, 0.6) is 0 Å². The first kappa shape index (κ1) is 17.8. The second-order valence-electron chi connectivity index (χ2n) is 5.26. The van der Waals surface area contributed by atoms with Crippen molar-refractivity contribution in [2.24, 2.45) is 5.92 Å². The van der Waals surface area contributed by atoms with Crippen LogP contribution in [-0.4, -0.2) is 21.0 Å². The molecule has 1 rings (SSSR count). The molecule has 1 aromatic carbocycles. The van der Waals surface area contributed by atoms with Gasteiger partial charge in [0.1, 0.15) is 0 Å². The standard InChI is InChI=1S/C15H27N3O2S/c1-5-12(6-2)11(4)18-15-10-13(8-9-14(15)16)21(19,20)17-7-3/h8-12,17-18H,5-7,16H2,1-4H3. The number of hydrogen-bond acceptors (Lipinski definition) is 4. The van der Waals surface area contributed by atoms with Crippen LogP contribution < -0.4 is 15.8 Å². The van der Waals surface area contributed by atoms with Crippen LogP contribution in [0.4, 0.5) is 11.4 Å². The molecule has 6 heteroatoms. The first-order chi connectivity index (χ1) is 9.85. The number of hydrogen-bond donors (Lipinski definition) is 3. The third-order valence-corrected chi connectivity index (χ3v) is 5.35. The fraction of sp³-hybridized carbons (Fsp3) is 0.600. The van der Waals surface area contributed by atoms with E-state index in [0.717, 1.165) is 12.8 Å². The number of sulfonamides is 1. The molecule has 0 saturated heterocycles. The van der Waals surface area contributed by atoms with Gasteiger partial charge in [0.15, 0.2) is 0 Å². The van der Waals surface area contributed by atoms with Gasteiger partial charge in [0.25, 0.3) is 0 Å². The van der Waals surface area contributed by atoms with Crippen molar-refractivity contribution in [2.45, 2.75) is 51.5 Å². The van der Waals surface area contributed by atoms with Crippen molar-refractivity contribution in [2.75, 3.05) is 17.6 Å². The van der Waals surface area contributed by atoms with E-state index in [1.807, 2.05) is 0 Å². The molecule has 1 unspecified atom stereocenters. The molecule has 0 heterocycles. The summed E-state index contributed by atoms with van der Waals surface area (Å²) in [5.74, 6) is 0.526. The predicted molar refractivity (Wildman–Crippen MR) is 88.9 cm³/mol. The molecule has 21 heavy (non-hydrogen) atoms. The maximum absolute atomic E-state index is 12.0. The third-order valence-electron chi connectivity index (χ3n) is 3.81. The Morgan fingerprint density at radius 1 is 1.19 bits per heavy atom. The van der Waals surface area contributed by atoms with E-state index in [2.05, 4.69) is 30.8 Å². The fourth-order valence-electron chi connectivity index (χ4n) is 2.46. The Hall–Kier alpha value is -1.27. The van der Waals surface area contributed by atoms with Crippen molar-refractivity contribution in [3.8, 4) is 0 Å². The van der Waals surface area contributed by atoms with Crippen molar-refractivity contribution < 1.29 is 8.42 Å². The van der Waals surface area contributed by atoms with Gasteiger partial charge in [-0.1, -0.05) is 33.6 Å². The largest absolute Gasteiger partial charge is 0.397 e. The van der Waals surface area contributed by atoms with Gasteiger partial charge in [0.2, 0.25) is 10.0 Å². The highest BCUT2D eigenvalue weighted by Crippen LogP contribution is 2.26. The van der Waals surface area contributed by atoms with Crippen molar-refractivity contribution in [1.29, 1.82) is 0 Å². The van der Waals surface area contributed by atoms with Crippen molar-refractivity contribution in [1.82, 2.24) is 4.72 Å². The molecular weight excluding hydrogens is 286 g/mol. The van der Waals surface area contributed by atoms with Crippen LogP contribution in [0.15, 0.2) is 23.1 Å². The lowest BCUT2D eigenvalue weighted by Gasteiger charge is -2.24. The summed E-state index contributed by atoms with van der Waals surface area (Å²) in [6.45, 7) is 8.52. The third kappa shape index (κ3) is 4.61. The quantitative estimate of drug-likeness (QED) is 0.644. The first-order valence-electron chi connectivity index (χ1n) is 7.51. The highest BCUT2D eigenvalue weighted by Gasteiger charge is 2.17. The maximum Gasteiger partial charge on any atom is 0.240 e. The molecule has 0 bridgehead atoms. The lowest BCUT2D eigenvalue weighted by molar-refractivity contribution is 0.438. The van der Waals surface area contributed by atoms with Gasteiger partial charge >= 0.3 is 0 Å². The SMILES string of the molecule is CCNS(=O)(=O)c1ccc(N)c(NC(C)C(CC)CC)c1. The fourth-order valence-corrected chi connectivity index (χ4v) is 3.53. The molecule has 0 aromatic heterocycles. The van der Waals surface area contributed by atoms with Crippen LogP contribution in [0.2, 0.25) is 0 Å². The molecule has 0 saturated carbocycles. The van der Waals surface area contributed by atoms with Gasteiger partial charge in [-0.05, 0) is 31.0 Å². The lowest BCUT2D eigenvalue weighted by Crippen LogP contribution is -2.26. The summed E-state index contributed by atoms with van der Waals surface area (Å²) in [5.41, 5.74) is 7.19. The lowest BCUT2D eigenvalue weighted by atomic mass is 9.95. The monoisotopic (exact) mass is 313 g/mol. The molecule has 1 aromatic rings. The smallest absolute Gasteiger partial charge is 0.240 e. The van der Waals surface area contributed by atoms with E-state index in [0.29, 0.717) is 23.8 Å². The van der Waals surface area contributed by atoms with Gasteiger partial charge in [0.05, 0.1) is 16.3 Å². The topological polar surface area (TPSA) is 84.2 Å². The second kappa shape index (κ2) is 7.66. The minimum Gasteiger partial charge on any atom is -0.397 e. The average Bonchev–Trinajstić information content (AvgIpc) is 2.42. The van der Waals surface area contributed by atoms with Crippen LogP contribution in [0.25, 0.3) is 0 Å². The Balaban J connectivity index is 3.03. The summed E-state index contributed by atoms with van der Waals surface area (Å²) in [4.78, 5) is 0.234. The summed E-state index contributed by atoms with van der Waals surface area (Å²) in [6, 6.07) is 5.00. The zero-order valence-corrected chi connectivity index (χ0v) is 14.1. The summed E-state index contributed by atoms with van der Waals surface area (Å²) < 4.78 is 26.6. The van der Waals surface area contributed by atoms with Crippen LogP contribution in [0.3, 0.4) is 0 Å². The Kier molecular flexibility index (Phi) is 6.48. The Bertz CT molecular complexity index is 554. The molecule has 0 fully saturated rings. The molecule has 1 atom stereocenters. The summed E-state index contributed by atoms with van der Waals surface area (Å²) in [6.07, 6.45) is 2.14. The normalized spacial score (nSPS) is 13.4. The minimum atomic E-state index is -3.46. The van der Waals surface area contributed by atoms with Gasteiger partial charge in [-0.15, -0.1) is 0 Å². The molecule has 0 aliphatic rings. The first-order valence-corrected chi connectivity index (χ1v) is 8.99. The molecular formula is C15H27N3O2S. The van der Waals surface area contributed by atoms with Gasteiger partial charge in [0, 0.05) is 12.6 Å². The van der Waals surface area contributed by atoms with Crippen LogP contribution in [0, 0.1) is 5.92 Å². The van der Waals surface area contributed by atoms with Crippen LogP contribution >= 0.6 is 0 Å². The number of nitrogens with two attached hydrogens (primary N) is 1. The Labute approximate surface area is 128 Å². The number of nitrogens with one attached hydrogen (secondary N) is 2.